The number of carbonyl (C=O) groups is 2. The summed E-state index contributed by atoms with van der Waals surface area (Å²) < 4.78 is 25.0. The molecule has 0 atom stereocenters. The molecule has 9 heteroatoms. The van der Waals surface area contributed by atoms with E-state index in [2.05, 4.69) is 42.4 Å². The lowest BCUT2D eigenvalue weighted by Crippen LogP contribution is -2.29. The van der Waals surface area contributed by atoms with Gasteiger partial charge in [-0.15, -0.1) is 0 Å². The summed E-state index contributed by atoms with van der Waals surface area (Å²) in [7, 11) is 0. The first-order valence-electron chi connectivity index (χ1n) is 8.04. The van der Waals surface area contributed by atoms with Gasteiger partial charge in [-0.3, -0.25) is 0 Å². The van der Waals surface area contributed by atoms with Crippen LogP contribution in [0.25, 0.3) is 0 Å². The number of carbonyl (C=O) groups excluding carboxylic acids is 2. The standard InChI is InChI=1S/C19H17Br2FN2O4/c1-19(2,3)28-18(26)24-23-10-12-7-13(20)9-15(21)16(12)27-17(25)11-5-4-6-14(22)8-11/h4-10H,1-3H3,(H,24,26)/b23-10+. The molecule has 0 spiro atoms. The summed E-state index contributed by atoms with van der Waals surface area (Å²) in [4.78, 5) is 24.0. The van der Waals surface area contributed by atoms with Crippen LogP contribution in [0.15, 0.2) is 50.4 Å². The molecular weight excluding hydrogens is 499 g/mol. The minimum atomic E-state index is -0.739. The van der Waals surface area contributed by atoms with E-state index < -0.39 is 23.5 Å². The van der Waals surface area contributed by atoms with Crippen molar-refractivity contribution in [2.75, 3.05) is 0 Å². The number of amides is 1. The predicted octanol–water partition coefficient (Wildman–Crippen LogP) is 5.43. The normalized spacial score (nSPS) is 11.4. The third-order valence-electron chi connectivity index (χ3n) is 3.05. The zero-order chi connectivity index (χ0) is 20.9. The molecule has 0 fully saturated rings. The fourth-order valence-electron chi connectivity index (χ4n) is 2.01. The van der Waals surface area contributed by atoms with Crippen LogP contribution in [-0.4, -0.2) is 23.9 Å². The average molecular weight is 516 g/mol. The van der Waals surface area contributed by atoms with E-state index in [-0.39, 0.29) is 11.3 Å². The summed E-state index contributed by atoms with van der Waals surface area (Å²) in [5.41, 5.74) is 2.02. The third kappa shape index (κ3) is 6.72. The lowest BCUT2D eigenvalue weighted by molar-refractivity contribution is 0.0529. The molecule has 2 rings (SSSR count). The molecule has 2 aromatic rings. The van der Waals surface area contributed by atoms with E-state index in [4.69, 9.17) is 9.47 Å². The van der Waals surface area contributed by atoms with Crippen molar-refractivity contribution >= 4 is 50.1 Å². The molecular formula is C19H17Br2FN2O4. The largest absolute Gasteiger partial charge is 0.443 e. The Hall–Kier alpha value is -2.26. The van der Waals surface area contributed by atoms with Gasteiger partial charge in [-0.2, -0.15) is 5.10 Å². The highest BCUT2D eigenvalue weighted by molar-refractivity contribution is 9.11. The number of hydrogen-bond donors (Lipinski definition) is 1. The first-order chi connectivity index (χ1) is 13.0. The number of halogens is 3. The first-order valence-corrected chi connectivity index (χ1v) is 9.62. The van der Waals surface area contributed by atoms with Gasteiger partial charge < -0.3 is 9.47 Å². The van der Waals surface area contributed by atoms with E-state index in [0.717, 1.165) is 6.07 Å². The van der Waals surface area contributed by atoms with Crippen molar-refractivity contribution in [1.82, 2.24) is 5.43 Å². The Morgan fingerprint density at radius 1 is 1.18 bits per heavy atom. The van der Waals surface area contributed by atoms with Gasteiger partial charge in [-0.25, -0.2) is 19.4 Å². The Labute approximate surface area is 178 Å². The molecule has 1 amide bonds. The lowest BCUT2D eigenvalue weighted by atomic mass is 10.2. The Balaban J connectivity index is 2.22. The second-order valence-electron chi connectivity index (χ2n) is 6.58. The molecule has 0 saturated heterocycles. The van der Waals surface area contributed by atoms with Gasteiger partial charge in [0.05, 0.1) is 16.3 Å². The average Bonchev–Trinajstić information content (AvgIpc) is 2.56. The number of hydrazone groups is 1. The van der Waals surface area contributed by atoms with Gasteiger partial charge in [0, 0.05) is 10.0 Å². The van der Waals surface area contributed by atoms with Crippen LogP contribution in [0.1, 0.15) is 36.7 Å². The fourth-order valence-corrected chi connectivity index (χ4v) is 3.35. The summed E-state index contributed by atoms with van der Waals surface area (Å²) in [6.45, 7) is 5.18. The Morgan fingerprint density at radius 3 is 2.54 bits per heavy atom. The van der Waals surface area contributed by atoms with Gasteiger partial charge in [0.15, 0.2) is 5.75 Å². The Morgan fingerprint density at radius 2 is 1.89 bits per heavy atom. The van der Waals surface area contributed by atoms with Gasteiger partial charge in [-0.05, 0) is 67.0 Å². The fraction of sp³-hybridized carbons (Fsp3) is 0.211. The summed E-state index contributed by atoms with van der Waals surface area (Å²) >= 11 is 6.65. The molecule has 0 aliphatic carbocycles. The van der Waals surface area contributed by atoms with Crippen molar-refractivity contribution < 1.29 is 23.5 Å². The maximum atomic E-state index is 13.3. The van der Waals surface area contributed by atoms with Crippen molar-refractivity contribution in [3.63, 3.8) is 0 Å². The second-order valence-corrected chi connectivity index (χ2v) is 8.35. The number of rotatable bonds is 4. The van der Waals surface area contributed by atoms with Crippen molar-refractivity contribution in [3.05, 3.63) is 62.3 Å². The van der Waals surface area contributed by atoms with E-state index >= 15 is 0 Å². The highest BCUT2D eigenvalue weighted by atomic mass is 79.9. The Bertz CT molecular complexity index is 927. The minimum Gasteiger partial charge on any atom is -0.443 e. The molecule has 0 saturated carbocycles. The molecule has 0 aliphatic rings. The molecule has 28 heavy (non-hydrogen) atoms. The molecule has 2 aromatic carbocycles. The number of esters is 1. The maximum Gasteiger partial charge on any atom is 0.428 e. The second kappa shape index (κ2) is 9.29. The minimum absolute atomic E-state index is 0.0598. The molecule has 0 aliphatic heterocycles. The topological polar surface area (TPSA) is 77.0 Å². The quantitative estimate of drug-likeness (QED) is 0.255. The molecule has 6 nitrogen and oxygen atoms in total. The third-order valence-corrected chi connectivity index (χ3v) is 4.10. The molecule has 0 bridgehead atoms. The first kappa shape index (κ1) is 22.0. The smallest absolute Gasteiger partial charge is 0.428 e. The SMILES string of the molecule is CC(C)(C)OC(=O)N/N=C/c1cc(Br)cc(Br)c1OC(=O)c1cccc(F)c1. The predicted molar refractivity (Wildman–Crippen MR) is 110 cm³/mol. The van der Waals surface area contributed by atoms with E-state index in [1.807, 2.05) is 0 Å². The Kier molecular flexibility index (Phi) is 7.31. The van der Waals surface area contributed by atoms with Gasteiger partial charge in [0.25, 0.3) is 0 Å². The van der Waals surface area contributed by atoms with Crippen LogP contribution in [0.5, 0.6) is 5.75 Å². The van der Waals surface area contributed by atoms with E-state index in [0.29, 0.717) is 14.5 Å². The lowest BCUT2D eigenvalue weighted by Gasteiger charge is -2.18. The summed E-state index contributed by atoms with van der Waals surface area (Å²) in [6.07, 6.45) is 0.573. The monoisotopic (exact) mass is 514 g/mol. The van der Waals surface area contributed by atoms with E-state index in [1.54, 1.807) is 32.9 Å². The highest BCUT2D eigenvalue weighted by Crippen LogP contribution is 2.32. The molecule has 0 heterocycles. The van der Waals surface area contributed by atoms with Crippen LogP contribution in [-0.2, 0) is 4.74 Å². The van der Waals surface area contributed by atoms with Crippen LogP contribution < -0.4 is 10.2 Å². The number of hydrogen-bond acceptors (Lipinski definition) is 5. The molecule has 1 N–H and O–H groups in total. The van der Waals surface area contributed by atoms with Crippen molar-refractivity contribution in [2.45, 2.75) is 26.4 Å². The van der Waals surface area contributed by atoms with E-state index in [9.17, 15) is 14.0 Å². The summed E-state index contributed by atoms with van der Waals surface area (Å²) in [6, 6.07) is 8.47. The zero-order valence-corrected chi connectivity index (χ0v) is 18.4. The van der Waals surface area contributed by atoms with Crippen molar-refractivity contribution in [2.24, 2.45) is 5.10 Å². The molecule has 0 aromatic heterocycles. The van der Waals surface area contributed by atoms with E-state index in [1.165, 1.54) is 24.4 Å². The van der Waals surface area contributed by atoms with Gasteiger partial charge >= 0.3 is 12.1 Å². The maximum absolute atomic E-state index is 13.3. The number of nitrogens with one attached hydrogen (secondary N) is 1. The zero-order valence-electron chi connectivity index (χ0n) is 15.3. The van der Waals surface area contributed by atoms with Crippen molar-refractivity contribution in [1.29, 1.82) is 0 Å². The van der Waals surface area contributed by atoms with Crippen LogP contribution in [0.4, 0.5) is 9.18 Å². The van der Waals surface area contributed by atoms with Crippen molar-refractivity contribution in [3.8, 4) is 5.75 Å². The van der Waals surface area contributed by atoms with Gasteiger partial charge in [0.2, 0.25) is 0 Å². The number of ether oxygens (including phenoxy) is 2. The summed E-state index contributed by atoms with van der Waals surface area (Å²) in [5.74, 6) is -1.13. The van der Waals surface area contributed by atoms with Gasteiger partial charge in [-0.1, -0.05) is 22.0 Å². The van der Waals surface area contributed by atoms with Crippen LogP contribution in [0, 0.1) is 5.82 Å². The number of benzene rings is 2. The highest BCUT2D eigenvalue weighted by Gasteiger charge is 2.17. The summed E-state index contributed by atoms with van der Waals surface area (Å²) in [5, 5.41) is 3.82. The molecule has 148 valence electrons. The molecule has 0 radical (unpaired) electrons. The number of nitrogens with zero attached hydrogens (tertiary/aromatic N) is 1. The molecule has 0 unspecified atom stereocenters. The van der Waals surface area contributed by atoms with Crippen LogP contribution in [0.3, 0.4) is 0 Å². The van der Waals surface area contributed by atoms with Crippen LogP contribution >= 0.6 is 31.9 Å². The van der Waals surface area contributed by atoms with Gasteiger partial charge in [0.1, 0.15) is 11.4 Å². The van der Waals surface area contributed by atoms with Crippen LogP contribution in [0.2, 0.25) is 0 Å².